The Morgan fingerprint density at radius 3 is 2.54 bits per heavy atom. The molecular weight excluding hydrogens is 361 g/mol. The lowest BCUT2D eigenvalue weighted by atomic mass is 10.1. The smallest absolute Gasteiger partial charge is 0.253 e. The molecular formula is C21H22FN3O3. The maximum atomic E-state index is 13.3. The zero-order valence-corrected chi connectivity index (χ0v) is 15.4. The largest absolute Gasteiger partial charge is 0.474 e. The Balaban J connectivity index is 1.27. The van der Waals surface area contributed by atoms with E-state index in [1.807, 2.05) is 0 Å². The predicted octanol–water partition coefficient (Wildman–Crippen LogP) is 3.25. The van der Waals surface area contributed by atoms with E-state index in [9.17, 15) is 14.0 Å². The fourth-order valence-electron chi connectivity index (χ4n) is 3.27. The summed E-state index contributed by atoms with van der Waals surface area (Å²) < 4.78 is 19.2. The van der Waals surface area contributed by atoms with Gasteiger partial charge in [0.1, 0.15) is 11.9 Å². The van der Waals surface area contributed by atoms with E-state index in [-0.39, 0.29) is 23.8 Å². The summed E-state index contributed by atoms with van der Waals surface area (Å²) in [6.07, 6.45) is 4.85. The average Bonchev–Trinajstić information content (AvgIpc) is 3.55. The summed E-state index contributed by atoms with van der Waals surface area (Å²) >= 11 is 0. The Labute approximate surface area is 162 Å². The SMILES string of the molecule is O=C(Nc1ccc(OC2CCN(C(=O)c3cccc(F)c3)CC2)nc1)C1CC1. The lowest BCUT2D eigenvalue weighted by molar-refractivity contribution is -0.117. The lowest BCUT2D eigenvalue weighted by Crippen LogP contribution is -2.41. The first-order valence-corrected chi connectivity index (χ1v) is 9.57. The van der Waals surface area contributed by atoms with Gasteiger partial charge < -0.3 is 15.0 Å². The van der Waals surface area contributed by atoms with E-state index in [0.29, 0.717) is 43.1 Å². The molecule has 4 rings (SSSR count). The molecule has 0 atom stereocenters. The number of piperidine rings is 1. The van der Waals surface area contributed by atoms with Crippen LogP contribution in [0.5, 0.6) is 5.88 Å². The van der Waals surface area contributed by atoms with Gasteiger partial charge >= 0.3 is 0 Å². The number of nitrogens with one attached hydrogen (secondary N) is 1. The Hall–Kier alpha value is -2.96. The van der Waals surface area contributed by atoms with Crippen LogP contribution in [0.3, 0.4) is 0 Å². The zero-order chi connectivity index (χ0) is 19.5. The summed E-state index contributed by atoms with van der Waals surface area (Å²) in [4.78, 5) is 30.2. The van der Waals surface area contributed by atoms with Gasteiger partial charge in [0.15, 0.2) is 0 Å². The van der Waals surface area contributed by atoms with Gasteiger partial charge in [-0.2, -0.15) is 0 Å². The summed E-state index contributed by atoms with van der Waals surface area (Å²) in [7, 11) is 0. The number of likely N-dealkylation sites (tertiary alicyclic amines) is 1. The van der Waals surface area contributed by atoms with Gasteiger partial charge in [-0.1, -0.05) is 6.07 Å². The number of anilines is 1. The predicted molar refractivity (Wildman–Crippen MR) is 102 cm³/mol. The van der Waals surface area contributed by atoms with Crippen LogP contribution in [-0.2, 0) is 4.79 Å². The van der Waals surface area contributed by atoms with Crippen LogP contribution in [0.4, 0.5) is 10.1 Å². The van der Waals surface area contributed by atoms with Crippen molar-refractivity contribution in [3.63, 3.8) is 0 Å². The zero-order valence-electron chi connectivity index (χ0n) is 15.4. The van der Waals surface area contributed by atoms with Crippen LogP contribution in [0.15, 0.2) is 42.6 Å². The molecule has 2 fully saturated rings. The molecule has 2 aliphatic rings. The van der Waals surface area contributed by atoms with Gasteiger partial charge in [0.05, 0.1) is 11.9 Å². The molecule has 1 aromatic heterocycles. The van der Waals surface area contributed by atoms with Crippen molar-refractivity contribution in [1.82, 2.24) is 9.88 Å². The second-order valence-electron chi connectivity index (χ2n) is 7.27. The number of amides is 2. The number of pyridine rings is 1. The quantitative estimate of drug-likeness (QED) is 0.860. The number of carbonyl (C=O) groups is 2. The summed E-state index contributed by atoms with van der Waals surface area (Å²) in [6.45, 7) is 1.10. The highest BCUT2D eigenvalue weighted by Gasteiger charge is 2.29. The highest BCUT2D eigenvalue weighted by molar-refractivity contribution is 5.94. The van der Waals surface area contributed by atoms with Gasteiger partial charge in [-0.15, -0.1) is 0 Å². The van der Waals surface area contributed by atoms with E-state index in [2.05, 4.69) is 10.3 Å². The molecule has 2 amide bonds. The van der Waals surface area contributed by atoms with Gasteiger partial charge in [-0.05, 0) is 37.1 Å². The topological polar surface area (TPSA) is 71.5 Å². The third-order valence-electron chi connectivity index (χ3n) is 5.04. The van der Waals surface area contributed by atoms with E-state index in [1.165, 1.54) is 12.1 Å². The monoisotopic (exact) mass is 383 g/mol. The van der Waals surface area contributed by atoms with Crippen molar-refractivity contribution in [3.8, 4) is 5.88 Å². The number of halogens is 1. The molecule has 0 radical (unpaired) electrons. The Bertz CT molecular complexity index is 859. The molecule has 6 nitrogen and oxygen atoms in total. The van der Waals surface area contributed by atoms with Gasteiger partial charge in [0, 0.05) is 43.5 Å². The first-order chi connectivity index (χ1) is 13.6. The first-order valence-electron chi connectivity index (χ1n) is 9.57. The number of hydrogen-bond donors (Lipinski definition) is 1. The number of carbonyl (C=O) groups excluding carboxylic acids is 2. The van der Waals surface area contributed by atoms with Crippen molar-refractivity contribution < 1.29 is 18.7 Å². The van der Waals surface area contributed by atoms with Crippen LogP contribution in [-0.4, -0.2) is 40.9 Å². The minimum absolute atomic E-state index is 0.0315. The van der Waals surface area contributed by atoms with Crippen LogP contribution in [0, 0.1) is 11.7 Å². The molecule has 2 heterocycles. The van der Waals surface area contributed by atoms with E-state index in [0.717, 1.165) is 12.8 Å². The third-order valence-corrected chi connectivity index (χ3v) is 5.04. The number of rotatable bonds is 5. The number of aromatic nitrogens is 1. The maximum absolute atomic E-state index is 13.3. The molecule has 1 saturated heterocycles. The van der Waals surface area contributed by atoms with Crippen LogP contribution in [0.25, 0.3) is 0 Å². The molecule has 1 aromatic carbocycles. The van der Waals surface area contributed by atoms with Crippen molar-refractivity contribution in [2.45, 2.75) is 31.8 Å². The second kappa shape index (κ2) is 7.96. The van der Waals surface area contributed by atoms with Crippen LogP contribution in [0.2, 0.25) is 0 Å². The second-order valence-corrected chi connectivity index (χ2v) is 7.27. The standard InChI is InChI=1S/C21H22FN3O3/c22-16-3-1-2-15(12-16)21(27)25-10-8-18(9-11-25)28-19-7-6-17(13-23-19)24-20(26)14-4-5-14/h1-3,6-7,12-14,18H,4-5,8-11H2,(H,24,26). The number of benzene rings is 1. The first kappa shape index (κ1) is 18.4. The van der Waals surface area contributed by atoms with Crippen molar-refractivity contribution >= 4 is 17.5 Å². The molecule has 1 aliphatic heterocycles. The fourth-order valence-corrected chi connectivity index (χ4v) is 3.27. The van der Waals surface area contributed by atoms with Crippen LogP contribution < -0.4 is 10.1 Å². The van der Waals surface area contributed by atoms with E-state index < -0.39 is 5.82 Å². The van der Waals surface area contributed by atoms with Crippen molar-refractivity contribution in [3.05, 3.63) is 54.0 Å². The Morgan fingerprint density at radius 2 is 1.89 bits per heavy atom. The summed E-state index contributed by atoms with van der Waals surface area (Å²) in [6, 6.07) is 9.28. The summed E-state index contributed by atoms with van der Waals surface area (Å²) in [5.41, 5.74) is 1.03. The minimum Gasteiger partial charge on any atom is -0.474 e. The van der Waals surface area contributed by atoms with Crippen molar-refractivity contribution in [1.29, 1.82) is 0 Å². The van der Waals surface area contributed by atoms with Crippen molar-refractivity contribution in [2.75, 3.05) is 18.4 Å². The average molecular weight is 383 g/mol. The highest BCUT2D eigenvalue weighted by atomic mass is 19.1. The molecule has 146 valence electrons. The number of nitrogens with zero attached hydrogens (tertiary/aromatic N) is 2. The van der Waals surface area contributed by atoms with E-state index >= 15 is 0 Å². The summed E-state index contributed by atoms with van der Waals surface area (Å²) in [5, 5.41) is 2.84. The molecule has 28 heavy (non-hydrogen) atoms. The highest BCUT2D eigenvalue weighted by Crippen LogP contribution is 2.30. The molecule has 7 heteroatoms. The normalized spacial score (nSPS) is 17.2. The lowest BCUT2D eigenvalue weighted by Gasteiger charge is -2.32. The molecule has 0 unspecified atom stereocenters. The number of ether oxygens (including phenoxy) is 1. The van der Waals surface area contributed by atoms with Crippen molar-refractivity contribution in [2.24, 2.45) is 5.92 Å². The van der Waals surface area contributed by atoms with Gasteiger partial charge in [-0.3, -0.25) is 9.59 Å². The van der Waals surface area contributed by atoms with Gasteiger partial charge in [-0.25, -0.2) is 9.37 Å². The fraction of sp³-hybridized carbons (Fsp3) is 0.381. The van der Waals surface area contributed by atoms with Crippen LogP contribution in [0.1, 0.15) is 36.0 Å². The molecule has 1 saturated carbocycles. The van der Waals surface area contributed by atoms with E-state index in [4.69, 9.17) is 4.74 Å². The van der Waals surface area contributed by atoms with Gasteiger partial charge in [0.2, 0.25) is 11.8 Å². The van der Waals surface area contributed by atoms with Gasteiger partial charge in [0.25, 0.3) is 5.91 Å². The molecule has 1 N–H and O–H groups in total. The Kier molecular flexibility index (Phi) is 5.23. The third kappa shape index (κ3) is 4.47. The molecule has 2 aromatic rings. The Morgan fingerprint density at radius 1 is 1.11 bits per heavy atom. The van der Waals surface area contributed by atoms with Crippen LogP contribution >= 0.6 is 0 Å². The molecule has 0 spiro atoms. The summed E-state index contributed by atoms with van der Waals surface area (Å²) in [5.74, 6) is 0.125. The molecule has 0 bridgehead atoms. The molecule has 1 aliphatic carbocycles. The number of hydrogen-bond acceptors (Lipinski definition) is 4. The van der Waals surface area contributed by atoms with E-state index in [1.54, 1.807) is 35.4 Å². The maximum Gasteiger partial charge on any atom is 0.253 e. The minimum atomic E-state index is -0.410.